The van der Waals surface area contributed by atoms with E-state index in [0.29, 0.717) is 25.7 Å². The molecular weight excluding hydrogens is 394 g/mol. The van der Waals surface area contributed by atoms with Gasteiger partial charge in [-0.25, -0.2) is 0 Å². The van der Waals surface area contributed by atoms with E-state index in [0.717, 1.165) is 0 Å². The highest BCUT2D eigenvalue weighted by atomic mass is 35.5. The minimum Gasteiger partial charge on any atom is -0.350 e. The summed E-state index contributed by atoms with van der Waals surface area (Å²) in [6, 6.07) is 9.20. The van der Waals surface area contributed by atoms with Crippen LogP contribution in [0.5, 0.6) is 0 Å². The Hall–Kier alpha value is -1.46. The number of hydrogen-bond donors (Lipinski definition) is 2. The van der Waals surface area contributed by atoms with Gasteiger partial charge in [-0.3, -0.25) is 9.59 Å². The maximum atomic E-state index is 12.0. The van der Waals surface area contributed by atoms with Gasteiger partial charge in [0, 0.05) is 23.7 Å². The van der Waals surface area contributed by atoms with Crippen LogP contribution in [0, 0.1) is 0 Å². The SMILES string of the molecule is O=C(NCCNC(=O)c1cc(Cl)ccc1Cl)c1ccc(Cl)c(Cl)c1. The maximum absolute atomic E-state index is 12.0. The molecule has 0 radical (unpaired) electrons. The number of halogens is 4. The summed E-state index contributed by atoms with van der Waals surface area (Å²) in [6.07, 6.45) is 0. The van der Waals surface area contributed by atoms with Crippen molar-refractivity contribution in [2.75, 3.05) is 13.1 Å². The number of benzene rings is 2. The molecule has 0 saturated heterocycles. The van der Waals surface area contributed by atoms with Gasteiger partial charge in [0.05, 0.1) is 20.6 Å². The van der Waals surface area contributed by atoms with Crippen molar-refractivity contribution in [2.24, 2.45) is 0 Å². The van der Waals surface area contributed by atoms with Gasteiger partial charge in [-0.15, -0.1) is 0 Å². The normalized spacial score (nSPS) is 10.3. The maximum Gasteiger partial charge on any atom is 0.252 e. The average Bonchev–Trinajstić information content (AvgIpc) is 2.55. The monoisotopic (exact) mass is 404 g/mol. The molecule has 0 aliphatic heterocycles. The second-order valence-corrected chi connectivity index (χ2v) is 6.42. The molecule has 126 valence electrons. The molecule has 0 aromatic heterocycles. The van der Waals surface area contributed by atoms with Crippen molar-refractivity contribution in [3.63, 3.8) is 0 Å². The third-order valence-electron chi connectivity index (χ3n) is 3.05. The fourth-order valence-electron chi connectivity index (χ4n) is 1.86. The fourth-order valence-corrected chi connectivity index (χ4v) is 2.53. The quantitative estimate of drug-likeness (QED) is 0.721. The van der Waals surface area contributed by atoms with Crippen LogP contribution in [0.4, 0.5) is 0 Å². The minimum absolute atomic E-state index is 0.231. The van der Waals surface area contributed by atoms with Crippen LogP contribution in [0.1, 0.15) is 20.7 Å². The molecule has 0 saturated carbocycles. The Bertz CT molecular complexity index is 781. The standard InChI is InChI=1S/C16H12Cl4N2O2/c17-10-2-4-12(18)11(8-10)16(24)22-6-5-21-15(23)9-1-3-13(19)14(20)7-9/h1-4,7-8H,5-6H2,(H,21,23)(H,22,24). The Kier molecular flexibility index (Phi) is 6.75. The lowest BCUT2D eigenvalue weighted by atomic mass is 10.2. The Morgan fingerprint density at radius 1 is 0.750 bits per heavy atom. The van der Waals surface area contributed by atoms with Crippen molar-refractivity contribution >= 4 is 58.2 Å². The summed E-state index contributed by atoms with van der Waals surface area (Å²) >= 11 is 23.5. The van der Waals surface area contributed by atoms with Crippen LogP contribution < -0.4 is 10.6 Å². The third-order valence-corrected chi connectivity index (χ3v) is 4.35. The molecule has 2 amide bonds. The molecule has 0 heterocycles. The zero-order chi connectivity index (χ0) is 17.7. The molecule has 4 nitrogen and oxygen atoms in total. The predicted octanol–water partition coefficient (Wildman–Crippen LogP) is 4.46. The molecule has 2 aromatic rings. The summed E-state index contributed by atoms with van der Waals surface area (Å²) in [5, 5.41) is 6.70. The van der Waals surface area contributed by atoms with Gasteiger partial charge in [-0.1, -0.05) is 46.4 Å². The molecule has 0 bridgehead atoms. The number of rotatable bonds is 5. The van der Waals surface area contributed by atoms with E-state index in [1.54, 1.807) is 24.3 Å². The molecule has 24 heavy (non-hydrogen) atoms. The van der Waals surface area contributed by atoms with E-state index in [4.69, 9.17) is 46.4 Å². The summed E-state index contributed by atoms with van der Waals surface area (Å²) in [5.74, 6) is -0.685. The van der Waals surface area contributed by atoms with Crippen molar-refractivity contribution in [3.8, 4) is 0 Å². The van der Waals surface area contributed by atoms with Crippen LogP contribution in [0.15, 0.2) is 36.4 Å². The van der Waals surface area contributed by atoms with Crippen LogP contribution in [0.2, 0.25) is 20.1 Å². The smallest absolute Gasteiger partial charge is 0.252 e. The van der Waals surface area contributed by atoms with Gasteiger partial charge in [-0.05, 0) is 36.4 Å². The van der Waals surface area contributed by atoms with Crippen molar-refractivity contribution in [1.29, 1.82) is 0 Å². The molecular formula is C16H12Cl4N2O2. The first-order valence-corrected chi connectivity index (χ1v) is 8.36. The Morgan fingerprint density at radius 3 is 2.04 bits per heavy atom. The molecule has 2 rings (SSSR count). The number of nitrogens with one attached hydrogen (secondary N) is 2. The van der Waals surface area contributed by atoms with Crippen molar-refractivity contribution in [3.05, 3.63) is 67.6 Å². The molecule has 2 N–H and O–H groups in total. The molecule has 0 aliphatic carbocycles. The second-order valence-electron chi connectivity index (χ2n) is 4.76. The second kappa shape index (κ2) is 8.58. The first-order valence-electron chi connectivity index (χ1n) is 6.85. The summed E-state index contributed by atoms with van der Waals surface area (Å²) in [4.78, 5) is 24.0. The zero-order valence-electron chi connectivity index (χ0n) is 12.2. The number of carbonyl (C=O) groups excluding carboxylic acids is 2. The highest BCUT2D eigenvalue weighted by Gasteiger charge is 2.11. The minimum atomic E-state index is -0.369. The number of carbonyl (C=O) groups is 2. The molecule has 0 aliphatic rings. The van der Waals surface area contributed by atoms with E-state index in [2.05, 4.69) is 10.6 Å². The lowest BCUT2D eigenvalue weighted by Gasteiger charge is -2.09. The highest BCUT2D eigenvalue weighted by Crippen LogP contribution is 2.22. The van der Waals surface area contributed by atoms with E-state index in [9.17, 15) is 9.59 Å². The van der Waals surface area contributed by atoms with Crippen molar-refractivity contribution in [1.82, 2.24) is 10.6 Å². The van der Waals surface area contributed by atoms with E-state index >= 15 is 0 Å². The van der Waals surface area contributed by atoms with Gasteiger partial charge >= 0.3 is 0 Å². The fraction of sp³-hybridized carbons (Fsp3) is 0.125. The van der Waals surface area contributed by atoms with Crippen molar-refractivity contribution < 1.29 is 9.59 Å². The zero-order valence-corrected chi connectivity index (χ0v) is 15.2. The first kappa shape index (κ1) is 18.9. The number of hydrogen-bond acceptors (Lipinski definition) is 2. The van der Waals surface area contributed by atoms with Gasteiger partial charge in [0.25, 0.3) is 11.8 Å². The lowest BCUT2D eigenvalue weighted by Crippen LogP contribution is -2.34. The molecule has 0 fully saturated rings. The molecule has 2 aromatic carbocycles. The van der Waals surface area contributed by atoms with Gasteiger partial charge in [-0.2, -0.15) is 0 Å². The Labute approximate surface area is 159 Å². The summed E-state index contributed by atoms with van der Waals surface area (Å²) in [6.45, 7) is 0.470. The van der Waals surface area contributed by atoms with Crippen LogP contribution in [0.3, 0.4) is 0 Å². The summed E-state index contributed by atoms with van der Waals surface area (Å²) in [7, 11) is 0. The van der Waals surface area contributed by atoms with E-state index < -0.39 is 0 Å². The summed E-state index contributed by atoms with van der Waals surface area (Å²) in [5.41, 5.74) is 0.661. The van der Waals surface area contributed by atoms with Gasteiger partial charge in [0.2, 0.25) is 0 Å². The molecule has 0 unspecified atom stereocenters. The lowest BCUT2D eigenvalue weighted by molar-refractivity contribution is 0.0928. The number of amides is 2. The van der Waals surface area contributed by atoms with Crippen LogP contribution in [-0.4, -0.2) is 24.9 Å². The van der Waals surface area contributed by atoms with E-state index in [1.807, 2.05) is 0 Å². The first-order chi connectivity index (χ1) is 11.4. The van der Waals surface area contributed by atoms with Gasteiger partial charge < -0.3 is 10.6 Å². The van der Waals surface area contributed by atoms with Crippen LogP contribution >= 0.6 is 46.4 Å². The predicted molar refractivity (Wildman–Crippen MR) is 97.6 cm³/mol. The molecule has 8 heteroatoms. The van der Waals surface area contributed by atoms with Crippen LogP contribution in [0.25, 0.3) is 0 Å². The highest BCUT2D eigenvalue weighted by molar-refractivity contribution is 6.42. The van der Waals surface area contributed by atoms with Gasteiger partial charge in [0.1, 0.15) is 0 Å². The third kappa shape index (κ3) is 5.02. The largest absolute Gasteiger partial charge is 0.350 e. The average molecular weight is 406 g/mol. The Balaban J connectivity index is 1.84. The molecule has 0 spiro atoms. The van der Waals surface area contributed by atoms with Crippen LogP contribution in [-0.2, 0) is 0 Å². The summed E-state index contributed by atoms with van der Waals surface area (Å²) < 4.78 is 0. The van der Waals surface area contributed by atoms with Gasteiger partial charge in [0.15, 0.2) is 0 Å². The Morgan fingerprint density at radius 2 is 1.38 bits per heavy atom. The van der Waals surface area contributed by atoms with E-state index in [-0.39, 0.29) is 30.5 Å². The van der Waals surface area contributed by atoms with Crippen molar-refractivity contribution in [2.45, 2.75) is 0 Å². The molecule has 0 atom stereocenters. The van der Waals surface area contributed by atoms with E-state index in [1.165, 1.54) is 12.1 Å². The topological polar surface area (TPSA) is 58.2 Å².